The zero-order valence-electron chi connectivity index (χ0n) is 13.5. The summed E-state index contributed by atoms with van der Waals surface area (Å²) in [7, 11) is 0. The van der Waals surface area contributed by atoms with Crippen LogP contribution >= 0.6 is 0 Å². The van der Waals surface area contributed by atoms with Crippen LogP contribution in [0.4, 0.5) is 0 Å². The van der Waals surface area contributed by atoms with Gasteiger partial charge in [0, 0.05) is 43.6 Å². The number of imidazole rings is 1. The second-order valence-corrected chi connectivity index (χ2v) is 6.25. The zero-order valence-corrected chi connectivity index (χ0v) is 13.5. The lowest BCUT2D eigenvalue weighted by atomic mass is 9.96. The van der Waals surface area contributed by atoms with Gasteiger partial charge < -0.3 is 14.6 Å². The monoisotopic (exact) mass is 314 g/mol. The van der Waals surface area contributed by atoms with E-state index in [1.165, 1.54) is 12.3 Å². The number of hydrogen-bond acceptors (Lipinski definition) is 4. The lowest BCUT2D eigenvalue weighted by Gasteiger charge is -2.33. The third-order valence-corrected chi connectivity index (χ3v) is 4.32. The number of likely N-dealkylation sites (tertiary alicyclic amines) is 1. The number of carbonyl (C=O) groups is 1. The fourth-order valence-electron chi connectivity index (χ4n) is 3.16. The number of pyridine rings is 1. The number of hydrogen-bond donors (Lipinski definition) is 1. The van der Waals surface area contributed by atoms with Crippen LogP contribution in [0.3, 0.4) is 0 Å². The molecule has 1 amide bonds. The van der Waals surface area contributed by atoms with E-state index in [9.17, 15) is 9.90 Å². The summed E-state index contributed by atoms with van der Waals surface area (Å²) in [6, 6.07) is 3.45. The van der Waals surface area contributed by atoms with Gasteiger partial charge in [0.05, 0.1) is 0 Å². The molecular formula is C17H22N4O2. The summed E-state index contributed by atoms with van der Waals surface area (Å²) in [6.07, 6.45) is 7.28. The van der Waals surface area contributed by atoms with Gasteiger partial charge in [-0.05, 0) is 38.8 Å². The molecule has 0 spiro atoms. The first-order valence-electron chi connectivity index (χ1n) is 8.04. The van der Waals surface area contributed by atoms with Crippen LogP contribution in [0.2, 0.25) is 0 Å². The maximum atomic E-state index is 12.6. The van der Waals surface area contributed by atoms with E-state index in [1.54, 1.807) is 11.0 Å². The molecule has 6 nitrogen and oxygen atoms in total. The van der Waals surface area contributed by atoms with Crippen molar-refractivity contribution in [2.45, 2.75) is 38.6 Å². The summed E-state index contributed by atoms with van der Waals surface area (Å²) in [5.41, 5.74) is 0.125. The summed E-state index contributed by atoms with van der Waals surface area (Å²) in [4.78, 5) is 22.9. The Bertz CT molecular complexity index is 695. The van der Waals surface area contributed by atoms with Gasteiger partial charge >= 0.3 is 0 Å². The van der Waals surface area contributed by atoms with Crippen molar-refractivity contribution in [3.63, 3.8) is 0 Å². The molecule has 1 fully saturated rings. The first-order valence-corrected chi connectivity index (χ1v) is 8.04. The molecule has 3 heterocycles. The zero-order chi connectivity index (χ0) is 16.4. The van der Waals surface area contributed by atoms with Crippen molar-refractivity contribution >= 4 is 5.91 Å². The second kappa shape index (κ2) is 6.40. The van der Waals surface area contributed by atoms with Crippen LogP contribution in [0.5, 0.6) is 5.75 Å². The average molecular weight is 314 g/mol. The Labute approximate surface area is 135 Å². The quantitative estimate of drug-likeness (QED) is 0.945. The number of aromatic nitrogens is 3. The fourth-order valence-corrected chi connectivity index (χ4v) is 3.16. The Hall–Kier alpha value is -2.37. The maximum absolute atomic E-state index is 12.6. The van der Waals surface area contributed by atoms with E-state index in [0.717, 1.165) is 18.7 Å². The predicted octanol–water partition coefficient (Wildman–Crippen LogP) is 2.58. The molecule has 0 saturated carbocycles. The molecule has 0 radical (unpaired) electrons. The molecule has 0 aromatic carbocycles. The lowest BCUT2D eigenvalue weighted by molar-refractivity contribution is 0.0693. The van der Waals surface area contributed by atoms with Crippen LogP contribution in [0.25, 0.3) is 0 Å². The Morgan fingerprint density at radius 3 is 2.91 bits per heavy atom. The second-order valence-electron chi connectivity index (χ2n) is 6.25. The largest absolute Gasteiger partial charge is 0.505 e. The lowest BCUT2D eigenvalue weighted by Crippen LogP contribution is -2.40. The molecule has 1 atom stereocenters. The summed E-state index contributed by atoms with van der Waals surface area (Å²) in [5.74, 6) is 0.970. The highest BCUT2D eigenvalue weighted by atomic mass is 16.3. The third kappa shape index (κ3) is 3.06. The standard InChI is InChI=1S/C17H22N4O2/c1-12(2)21-10-8-19-16(21)13-5-4-9-20(11-13)17(23)15-14(22)6-3-7-18-15/h3,6-8,10,12-13,22H,4-5,9,11H2,1-2H3. The number of carbonyl (C=O) groups excluding carboxylic acids is 1. The van der Waals surface area contributed by atoms with Gasteiger partial charge in [0.2, 0.25) is 0 Å². The van der Waals surface area contributed by atoms with Crippen molar-refractivity contribution in [3.05, 3.63) is 42.2 Å². The highest BCUT2D eigenvalue weighted by molar-refractivity contribution is 5.94. The van der Waals surface area contributed by atoms with Crippen LogP contribution < -0.4 is 0 Å². The maximum Gasteiger partial charge on any atom is 0.276 e. The predicted molar refractivity (Wildman–Crippen MR) is 86.4 cm³/mol. The van der Waals surface area contributed by atoms with Crippen molar-refractivity contribution in [1.82, 2.24) is 19.4 Å². The number of piperidine rings is 1. The normalized spacial score (nSPS) is 18.4. The van der Waals surface area contributed by atoms with Crippen molar-refractivity contribution in [2.75, 3.05) is 13.1 Å². The molecule has 2 aromatic rings. The Morgan fingerprint density at radius 2 is 2.17 bits per heavy atom. The molecule has 1 saturated heterocycles. The summed E-state index contributed by atoms with van der Waals surface area (Å²) in [5, 5.41) is 9.85. The molecule has 3 rings (SSSR count). The SMILES string of the molecule is CC(C)n1ccnc1C1CCCN(C(=O)c2ncccc2O)C1. The van der Waals surface area contributed by atoms with Gasteiger partial charge in [-0.2, -0.15) is 0 Å². The van der Waals surface area contributed by atoms with E-state index in [4.69, 9.17) is 0 Å². The van der Waals surface area contributed by atoms with Gasteiger partial charge in [-0.25, -0.2) is 9.97 Å². The Kier molecular flexibility index (Phi) is 4.32. The highest BCUT2D eigenvalue weighted by Crippen LogP contribution is 2.29. The number of aromatic hydroxyl groups is 1. The Balaban J connectivity index is 1.80. The number of rotatable bonds is 3. The van der Waals surface area contributed by atoms with Gasteiger partial charge in [-0.1, -0.05) is 0 Å². The molecule has 1 aliphatic rings. The van der Waals surface area contributed by atoms with E-state index < -0.39 is 0 Å². The van der Waals surface area contributed by atoms with E-state index in [2.05, 4.69) is 28.4 Å². The number of amides is 1. The van der Waals surface area contributed by atoms with Crippen LogP contribution in [-0.4, -0.2) is 43.5 Å². The van der Waals surface area contributed by atoms with Gasteiger partial charge in [-0.15, -0.1) is 0 Å². The average Bonchev–Trinajstić information content (AvgIpc) is 3.05. The molecule has 23 heavy (non-hydrogen) atoms. The minimum atomic E-state index is -0.213. The van der Waals surface area contributed by atoms with Gasteiger partial charge in [0.25, 0.3) is 5.91 Å². The van der Waals surface area contributed by atoms with Gasteiger partial charge in [-0.3, -0.25) is 4.79 Å². The minimum absolute atomic E-state index is 0.0664. The van der Waals surface area contributed by atoms with Crippen molar-refractivity contribution in [2.24, 2.45) is 0 Å². The molecule has 0 bridgehead atoms. The van der Waals surface area contributed by atoms with Crippen LogP contribution in [0.15, 0.2) is 30.7 Å². The third-order valence-electron chi connectivity index (χ3n) is 4.32. The molecular weight excluding hydrogens is 292 g/mol. The van der Waals surface area contributed by atoms with Crippen LogP contribution in [-0.2, 0) is 0 Å². The highest BCUT2D eigenvalue weighted by Gasteiger charge is 2.29. The fraction of sp³-hybridized carbons (Fsp3) is 0.471. The molecule has 6 heteroatoms. The molecule has 0 aliphatic carbocycles. The van der Waals surface area contributed by atoms with E-state index in [1.807, 2.05) is 12.4 Å². The van der Waals surface area contributed by atoms with Gasteiger partial charge in [0.1, 0.15) is 11.6 Å². The van der Waals surface area contributed by atoms with Crippen LogP contribution in [0, 0.1) is 0 Å². The number of nitrogens with zero attached hydrogens (tertiary/aromatic N) is 4. The summed E-state index contributed by atoms with van der Waals surface area (Å²) >= 11 is 0. The molecule has 1 aliphatic heterocycles. The smallest absolute Gasteiger partial charge is 0.276 e. The van der Waals surface area contributed by atoms with E-state index in [0.29, 0.717) is 19.1 Å². The molecule has 1 N–H and O–H groups in total. The summed E-state index contributed by atoms with van der Waals surface area (Å²) in [6.45, 7) is 5.55. The molecule has 1 unspecified atom stereocenters. The van der Waals surface area contributed by atoms with Gasteiger partial charge in [0.15, 0.2) is 5.69 Å². The van der Waals surface area contributed by atoms with E-state index >= 15 is 0 Å². The summed E-state index contributed by atoms with van der Waals surface area (Å²) < 4.78 is 2.16. The van der Waals surface area contributed by atoms with Crippen molar-refractivity contribution in [3.8, 4) is 5.75 Å². The first-order chi connectivity index (χ1) is 11.1. The topological polar surface area (TPSA) is 71.2 Å². The minimum Gasteiger partial charge on any atom is -0.505 e. The molecule has 122 valence electrons. The first kappa shape index (κ1) is 15.5. The Morgan fingerprint density at radius 1 is 1.35 bits per heavy atom. The molecule has 2 aromatic heterocycles. The van der Waals surface area contributed by atoms with Crippen molar-refractivity contribution < 1.29 is 9.90 Å². The van der Waals surface area contributed by atoms with E-state index in [-0.39, 0.29) is 23.3 Å². The van der Waals surface area contributed by atoms with Crippen LogP contribution in [0.1, 0.15) is 55.0 Å². The van der Waals surface area contributed by atoms with Crippen molar-refractivity contribution in [1.29, 1.82) is 0 Å².